The van der Waals surface area contributed by atoms with E-state index in [1.54, 1.807) is 7.11 Å². The first kappa shape index (κ1) is 10.2. The molecule has 2 heteroatoms. The summed E-state index contributed by atoms with van der Waals surface area (Å²) >= 11 is 0. The van der Waals surface area contributed by atoms with Crippen LogP contribution in [0, 0.1) is 0 Å². The van der Waals surface area contributed by atoms with E-state index in [1.165, 1.54) is 6.42 Å². The van der Waals surface area contributed by atoms with Gasteiger partial charge in [0.1, 0.15) is 11.9 Å². The maximum absolute atomic E-state index is 10.1. The van der Waals surface area contributed by atoms with E-state index in [9.17, 15) is 5.11 Å². The summed E-state index contributed by atoms with van der Waals surface area (Å²) in [5.74, 6) is 0.825. The number of rotatable bonds is 3. The summed E-state index contributed by atoms with van der Waals surface area (Å²) in [4.78, 5) is 0. The molecule has 1 atom stereocenters. The van der Waals surface area contributed by atoms with Gasteiger partial charge < -0.3 is 9.84 Å². The van der Waals surface area contributed by atoms with Crippen LogP contribution in [-0.2, 0) is 0 Å². The van der Waals surface area contributed by atoms with Gasteiger partial charge >= 0.3 is 0 Å². The van der Waals surface area contributed by atoms with E-state index in [2.05, 4.69) is 6.08 Å². The molecule has 0 bridgehead atoms. The zero-order chi connectivity index (χ0) is 10.7. The number of benzene rings is 1. The second kappa shape index (κ2) is 4.49. The third kappa shape index (κ3) is 2.21. The summed E-state index contributed by atoms with van der Waals surface area (Å²) in [7, 11) is 1.64. The minimum atomic E-state index is -0.432. The van der Waals surface area contributed by atoms with E-state index in [1.807, 2.05) is 24.3 Å². The third-order valence-corrected chi connectivity index (χ3v) is 2.86. The Hall–Kier alpha value is -1.28. The Morgan fingerprint density at radius 2 is 2.00 bits per heavy atom. The van der Waals surface area contributed by atoms with Crippen molar-refractivity contribution < 1.29 is 9.84 Å². The molecule has 1 aromatic carbocycles. The normalized spacial score (nSPS) is 17.3. The minimum Gasteiger partial charge on any atom is -0.497 e. The molecular formula is C13H16O2. The number of hydrogen-bond acceptors (Lipinski definition) is 2. The van der Waals surface area contributed by atoms with Crippen LogP contribution in [0.5, 0.6) is 5.75 Å². The van der Waals surface area contributed by atoms with Crippen molar-refractivity contribution in [1.29, 1.82) is 0 Å². The summed E-state index contributed by atoms with van der Waals surface area (Å²) in [6.07, 6.45) is 5.01. The van der Waals surface area contributed by atoms with E-state index < -0.39 is 6.10 Å². The molecule has 0 aliphatic heterocycles. The lowest BCUT2D eigenvalue weighted by atomic mass is 10.0. The number of ether oxygens (including phenoxy) is 1. The Morgan fingerprint density at radius 3 is 2.53 bits per heavy atom. The average molecular weight is 204 g/mol. The van der Waals surface area contributed by atoms with Gasteiger partial charge in [0, 0.05) is 0 Å². The highest BCUT2D eigenvalue weighted by Gasteiger charge is 2.15. The highest BCUT2D eigenvalue weighted by atomic mass is 16.5. The van der Waals surface area contributed by atoms with Crippen LogP contribution in [0.2, 0.25) is 0 Å². The number of aliphatic hydroxyl groups is 1. The predicted octanol–water partition coefficient (Wildman–Crippen LogP) is 2.84. The Labute approximate surface area is 90.2 Å². The van der Waals surface area contributed by atoms with E-state index >= 15 is 0 Å². The molecule has 15 heavy (non-hydrogen) atoms. The molecular weight excluding hydrogens is 188 g/mol. The van der Waals surface area contributed by atoms with Gasteiger partial charge in [-0.05, 0) is 42.5 Å². The number of methoxy groups -OCH3 is 1. The molecule has 0 fully saturated rings. The molecule has 1 N–H and O–H groups in total. The summed E-state index contributed by atoms with van der Waals surface area (Å²) in [5, 5.41) is 10.1. The lowest BCUT2D eigenvalue weighted by Crippen LogP contribution is -1.99. The van der Waals surface area contributed by atoms with Crippen molar-refractivity contribution in [3.05, 3.63) is 41.5 Å². The van der Waals surface area contributed by atoms with E-state index in [-0.39, 0.29) is 0 Å². The summed E-state index contributed by atoms with van der Waals surface area (Å²) in [5.41, 5.74) is 2.10. The van der Waals surface area contributed by atoms with Crippen LogP contribution in [-0.4, -0.2) is 12.2 Å². The predicted molar refractivity (Wildman–Crippen MR) is 59.9 cm³/mol. The van der Waals surface area contributed by atoms with Crippen molar-refractivity contribution in [2.24, 2.45) is 0 Å². The molecule has 2 nitrogen and oxygen atoms in total. The molecule has 2 rings (SSSR count). The van der Waals surface area contributed by atoms with Crippen LogP contribution in [0.15, 0.2) is 35.9 Å². The molecule has 80 valence electrons. The zero-order valence-electron chi connectivity index (χ0n) is 8.94. The molecule has 0 heterocycles. The molecule has 1 aromatic rings. The van der Waals surface area contributed by atoms with Crippen molar-refractivity contribution >= 4 is 0 Å². The van der Waals surface area contributed by atoms with Crippen molar-refractivity contribution in [3.63, 3.8) is 0 Å². The van der Waals surface area contributed by atoms with E-state index in [0.717, 1.165) is 29.7 Å². The third-order valence-electron chi connectivity index (χ3n) is 2.86. The van der Waals surface area contributed by atoms with Gasteiger partial charge in [-0.1, -0.05) is 18.2 Å². The fourth-order valence-corrected chi connectivity index (χ4v) is 1.94. The van der Waals surface area contributed by atoms with Crippen LogP contribution in [0.1, 0.15) is 30.9 Å². The molecule has 0 amide bonds. The second-order valence-corrected chi connectivity index (χ2v) is 3.85. The van der Waals surface area contributed by atoms with Gasteiger partial charge in [0.25, 0.3) is 0 Å². The summed E-state index contributed by atoms with van der Waals surface area (Å²) in [6, 6.07) is 7.60. The minimum absolute atomic E-state index is 0.432. The molecule has 1 aliphatic carbocycles. The number of aliphatic hydroxyl groups excluding tert-OH is 1. The van der Waals surface area contributed by atoms with Crippen molar-refractivity contribution in [1.82, 2.24) is 0 Å². The topological polar surface area (TPSA) is 29.5 Å². The van der Waals surface area contributed by atoms with Crippen LogP contribution >= 0.6 is 0 Å². The number of allylic oxidation sites excluding steroid dienone is 1. The van der Waals surface area contributed by atoms with Crippen LogP contribution in [0.3, 0.4) is 0 Å². The Balaban J connectivity index is 2.14. The van der Waals surface area contributed by atoms with Gasteiger partial charge in [-0.2, -0.15) is 0 Å². The van der Waals surface area contributed by atoms with Gasteiger partial charge in [0.15, 0.2) is 0 Å². The summed E-state index contributed by atoms with van der Waals surface area (Å²) < 4.78 is 5.08. The lowest BCUT2D eigenvalue weighted by Gasteiger charge is -2.12. The summed E-state index contributed by atoms with van der Waals surface area (Å²) in [6.45, 7) is 0. The fourth-order valence-electron chi connectivity index (χ4n) is 1.94. The number of hydrogen-bond donors (Lipinski definition) is 1. The van der Waals surface area contributed by atoms with E-state index in [4.69, 9.17) is 4.74 Å². The van der Waals surface area contributed by atoms with Crippen molar-refractivity contribution in [2.45, 2.75) is 25.4 Å². The smallest absolute Gasteiger partial charge is 0.118 e. The molecule has 0 spiro atoms. The maximum atomic E-state index is 10.1. The Bertz CT molecular complexity index is 351. The molecule has 0 aromatic heterocycles. The highest BCUT2D eigenvalue weighted by molar-refractivity contribution is 5.32. The average Bonchev–Trinajstić information content (AvgIpc) is 2.82. The van der Waals surface area contributed by atoms with Crippen LogP contribution in [0.4, 0.5) is 0 Å². The van der Waals surface area contributed by atoms with Gasteiger partial charge in [0.05, 0.1) is 7.11 Å². The van der Waals surface area contributed by atoms with E-state index in [0.29, 0.717) is 0 Å². The first-order valence-corrected chi connectivity index (χ1v) is 5.32. The van der Waals surface area contributed by atoms with Gasteiger partial charge in [0.2, 0.25) is 0 Å². The van der Waals surface area contributed by atoms with Crippen LogP contribution < -0.4 is 4.74 Å². The molecule has 0 radical (unpaired) electrons. The standard InChI is InChI=1S/C13H16O2/c1-15-12-8-6-11(7-9-12)13(14)10-4-2-3-5-10/h4,6-9,13-14H,2-3,5H2,1H3. The second-order valence-electron chi connectivity index (χ2n) is 3.85. The van der Waals surface area contributed by atoms with Gasteiger partial charge in [-0.25, -0.2) is 0 Å². The van der Waals surface area contributed by atoms with Gasteiger partial charge in [-0.15, -0.1) is 0 Å². The molecule has 0 saturated carbocycles. The fraction of sp³-hybridized carbons (Fsp3) is 0.385. The molecule has 0 saturated heterocycles. The Morgan fingerprint density at radius 1 is 1.27 bits per heavy atom. The Kier molecular flexibility index (Phi) is 3.07. The largest absolute Gasteiger partial charge is 0.497 e. The lowest BCUT2D eigenvalue weighted by molar-refractivity contribution is 0.212. The molecule has 1 aliphatic rings. The monoisotopic (exact) mass is 204 g/mol. The van der Waals surface area contributed by atoms with Crippen molar-refractivity contribution in [3.8, 4) is 5.75 Å². The van der Waals surface area contributed by atoms with Crippen molar-refractivity contribution in [2.75, 3.05) is 7.11 Å². The molecule has 1 unspecified atom stereocenters. The van der Waals surface area contributed by atoms with Gasteiger partial charge in [-0.3, -0.25) is 0 Å². The SMILES string of the molecule is COc1ccc(C(O)C2=CCCC2)cc1. The maximum Gasteiger partial charge on any atom is 0.118 e. The first-order valence-electron chi connectivity index (χ1n) is 5.32. The zero-order valence-corrected chi connectivity index (χ0v) is 8.94. The highest BCUT2D eigenvalue weighted by Crippen LogP contribution is 2.30. The van der Waals surface area contributed by atoms with Crippen LogP contribution in [0.25, 0.3) is 0 Å². The quantitative estimate of drug-likeness (QED) is 0.767. The first-order chi connectivity index (χ1) is 7.31.